The Bertz CT molecular complexity index is 852. The van der Waals surface area contributed by atoms with E-state index in [4.69, 9.17) is 4.74 Å². The summed E-state index contributed by atoms with van der Waals surface area (Å²) in [4.78, 5) is 27.0. The van der Waals surface area contributed by atoms with Crippen LogP contribution in [0.4, 0.5) is 4.39 Å². The lowest BCUT2D eigenvalue weighted by Gasteiger charge is -2.63. The number of rotatable bonds is 3. The molecule has 0 aliphatic carbocycles. The topological polar surface area (TPSA) is 64.7 Å². The maximum Gasteiger partial charge on any atom is 0.256 e. The fourth-order valence-electron chi connectivity index (χ4n) is 4.95. The van der Waals surface area contributed by atoms with Crippen LogP contribution in [-0.4, -0.2) is 88.1 Å². The van der Waals surface area contributed by atoms with Gasteiger partial charge in [0.05, 0.1) is 36.7 Å². The highest BCUT2D eigenvalue weighted by molar-refractivity contribution is 5.94. The van der Waals surface area contributed by atoms with E-state index in [0.29, 0.717) is 19.7 Å². The number of piperazine rings is 1. The Morgan fingerprint density at radius 1 is 1.32 bits per heavy atom. The second-order valence-corrected chi connectivity index (χ2v) is 8.03. The van der Waals surface area contributed by atoms with Gasteiger partial charge in [0.2, 0.25) is 0 Å². The number of carbonyl (C=O) groups is 1. The first kappa shape index (κ1) is 17.8. The van der Waals surface area contributed by atoms with Crippen LogP contribution >= 0.6 is 0 Å². The molecule has 28 heavy (non-hydrogen) atoms. The number of H-pyrrole nitrogens is 1. The van der Waals surface area contributed by atoms with Gasteiger partial charge in [-0.25, -0.2) is 9.37 Å². The van der Waals surface area contributed by atoms with Crippen molar-refractivity contribution in [3.63, 3.8) is 0 Å². The summed E-state index contributed by atoms with van der Waals surface area (Å²) in [6, 6.07) is 6.40. The minimum absolute atomic E-state index is 0.0896. The zero-order chi connectivity index (χ0) is 19.1. The van der Waals surface area contributed by atoms with Crippen LogP contribution in [-0.2, 0) is 11.3 Å². The van der Waals surface area contributed by atoms with E-state index in [9.17, 15) is 9.18 Å². The van der Waals surface area contributed by atoms with E-state index in [1.807, 2.05) is 11.1 Å². The average Bonchev–Trinajstić information content (AvgIpc) is 3.19. The molecule has 7 nitrogen and oxygen atoms in total. The molecule has 1 N–H and O–H groups in total. The Morgan fingerprint density at radius 3 is 2.96 bits per heavy atom. The molecule has 2 aromatic rings. The van der Waals surface area contributed by atoms with Crippen LogP contribution in [0.15, 0.2) is 36.8 Å². The molecule has 1 amide bonds. The van der Waals surface area contributed by atoms with Crippen LogP contribution in [0.3, 0.4) is 0 Å². The number of halogens is 1. The lowest BCUT2D eigenvalue weighted by Crippen LogP contribution is -2.80. The van der Waals surface area contributed by atoms with Crippen molar-refractivity contribution in [2.45, 2.75) is 18.1 Å². The number of imidazole rings is 1. The number of nitrogens with one attached hydrogen (secondary N) is 1. The third-order valence-corrected chi connectivity index (χ3v) is 6.13. The van der Waals surface area contributed by atoms with Crippen LogP contribution in [0, 0.1) is 5.82 Å². The van der Waals surface area contributed by atoms with Gasteiger partial charge in [-0.1, -0.05) is 12.1 Å². The quantitative estimate of drug-likeness (QED) is 0.853. The molecule has 8 heteroatoms. The number of likely N-dealkylation sites (tertiary alicyclic amines) is 1. The van der Waals surface area contributed by atoms with Crippen molar-refractivity contribution in [3.8, 4) is 0 Å². The van der Waals surface area contributed by atoms with Crippen LogP contribution in [0.1, 0.15) is 16.1 Å². The second kappa shape index (κ2) is 6.95. The fraction of sp³-hybridized carbons (Fsp3) is 0.500. The Kier molecular flexibility index (Phi) is 4.41. The van der Waals surface area contributed by atoms with Crippen LogP contribution in [0.2, 0.25) is 0 Å². The van der Waals surface area contributed by atoms with Crippen molar-refractivity contribution in [3.05, 3.63) is 53.9 Å². The number of aromatic amines is 1. The number of aromatic nitrogens is 2. The SMILES string of the molecule is O=C(c1ccccc1F)N1C[C@@H]2COCCN2C2(CN(Cc3cnc[nH]3)C2)C1. The Morgan fingerprint density at radius 2 is 2.18 bits per heavy atom. The van der Waals surface area contributed by atoms with Crippen molar-refractivity contribution in [1.29, 1.82) is 0 Å². The number of carbonyl (C=O) groups excluding carboxylic acids is 1. The molecule has 1 atom stereocenters. The molecule has 3 saturated heterocycles. The molecule has 3 aliphatic rings. The molecule has 1 aromatic heterocycles. The number of hydrogen-bond acceptors (Lipinski definition) is 5. The molecular formula is C20H24FN5O2. The summed E-state index contributed by atoms with van der Waals surface area (Å²) in [5.41, 5.74) is 1.15. The van der Waals surface area contributed by atoms with Gasteiger partial charge >= 0.3 is 0 Å². The van der Waals surface area contributed by atoms with Crippen LogP contribution < -0.4 is 0 Å². The summed E-state index contributed by atoms with van der Waals surface area (Å²) in [5, 5.41) is 0. The molecule has 1 aromatic carbocycles. The number of hydrogen-bond donors (Lipinski definition) is 1. The van der Waals surface area contributed by atoms with Gasteiger partial charge in [0.1, 0.15) is 5.82 Å². The molecule has 148 valence electrons. The van der Waals surface area contributed by atoms with Crippen molar-refractivity contribution >= 4 is 5.91 Å². The third-order valence-electron chi connectivity index (χ3n) is 6.13. The summed E-state index contributed by atoms with van der Waals surface area (Å²) in [6.07, 6.45) is 3.54. The molecule has 1 spiro atoms. The van der Waals surface area contributed by atoms with Gasteiger partial charge < -0.3 is 14.6 Å². The predicted octanol–water partition coefficient (Wildman–Crippen LogP) is 0.960. The van der Waals surface area contributed by atoms with E-state index < -0.39 is 5.82 Å². The average molecular weight is 385 g/mol. The number of nitrogens with zero attached hydrogens (tertiary/aromatic N) is 4. The van der Waals surface area contributed by atoms with Crippen molar-refractivity contribution in [2.24, 2.45) is 0 Å². The maximum atomic E-state index is 14.2. The molecule has 0 saturated carbocycles. The second-order valence-electron chi connectivity index (χ2n) is 8.03. The van der Waals surface area contributed by atoms with Crippen molar-refractivity contribution in [2.75, 3.05) is 45.9 Å². The lowest BCUT2D eigenvalue weighted by molar-refractivity contribution is -0.160. The highest BCUT2D eigenvalue weighted by Crippen LogP contribution is 2.36. The van der Waals surface area contributed by atoms with E-state index in [-0.39, 0.29) is 23.1 Å². The Balaban J connectivity index is 1.36. The summed E-state index contributed by atoms with van der Waals surface area (Å²) in [6.45, 7) is 5.99. The molecule has 0 radical (unpaired) electrons. The maximum absolute atomic E-state index is 14.2. The first-order valence-electron chi connectivity index (χ1n) is 9.73. The van der Waals surface area contributed by atoms with Gasteiger partial charge in [-0.2, -0.15) is 0 Å². The standard InChI is InChI=1S/C20H24FN5O2/c21-18-4-2-1-3-17(18)19(27)25-9-16-10-28-6-5-26(16)20(13-25)11-24(12-20)8-15-7-22-14-23-15/h1-4,7,14,16H,5-6,8-13H2,(H,22,23)/t16-/m1/s1. The first-order chi connectivity index (χ1) is 13.6. The van der Waals surface area contributed by atoms with Crippen LogP contribution in [0.5, 0.6) is 0 Å². The lowest BCUT2D eigenvalue weighted by atomic mass is 9.82. The molecular weight excluding hydrogens is 361 g/mol. The smallest absolute Gasteiger partial charge is 0.256 e. The van der Waals surface area contributed by atoms with E-state index in [1.54, 1.807) is 24.5 Å². The highest BCUT2D eigenvalue weighted by atomic mass is 19.1. The first-order valence-corrected chi connectivity index (χ1v) is 9.73. The number of benzene rings is 1. The number of ether oxygens (including phenoxy) is 1. The largest absolute Gasteiger partial charge is 0.378 e. The Hall–Kier alpha value is -2.29. The third kappa shape index (κ3) is 3.01. The number of amides is 1. The predicted molar refractivity (Wildman–Crippen MR) is 100 cm³/mol. The summed E-state index contributed by atoms with van der Waals surface area (Å²) in [7, 11) is 0. The molecule has 3 aliphatic heterocycles. The van der Waals surface area contributed by atoms with Crippen molar-refractivity contribution < 1.29 is 13.9 Å². The van der Waals surface area contributed by atoms with E-state index in [1.165, 1.54) is 6.07 Å². The minimum atomic E-state index is -0.460. The van der Waals surface area contributed by atoms with Gasteiger partial charge in [0.15, 0.2) is 0 Å². The molecule has 0 unspecified atom stereocenters. The normalized spacial score (nSPS) is 24.8. The monoisotopic (exact) mass is 385 g/mol. The molecule has 3 fully saturated rings. The van der Waals surface area contributed by atoms with Gasteiger partial charge in [-0.15, -0.1) is 0 Å². The number of fused-ring (bicyclic) bond motifs is 2. The zero-order valence-corrected chi connectivity index (χ0v) is 15.7. The van der Waals surface area contributed by atoms with Gasteiger partial charge in [0, 0.05) is 51.2 Å². The van der Waals surface area contributed by atoms with Gasteiger partial charge in [-0.3, -0.25) is 14.6 Å². The summed E-state index contributed by atoms with van der Waals surface area (Å²) in [5.74, 6) is -0.687. The zero-order valence-electron chi connectivity index (χ0n) is 15.7. The van der Waals surface area contributed by atoms with Crippen molar-refractivity contribution in [1.82, 2.24) is 24.7 Å². The highest BCUT2D eigenvalue weighted by Gasteiger charge is 2.54. The molecule has 4 heterocycles. The fourth-order valence-corrected chi connectivity index (χ4v) is 4.95. The van der Waals surface area contributed by atoms with E-state index >= 15 is 0 Å². The molecule has 0 bridgehead atoms. The van der Waals surface area contributed by atoms with Crippen LogP contribution in [0.25, 0.3) is 0 Å². The van der Waals surface area contributed by atoms with E-state index in [2.05, 4.69) is 19.8 Å². The Labute approximate surface area is 163 Å². The number of morpholine rings is 1. The summed E-state index contributed by atoms with van der Waals surface area (Å²) >= 11 is 0. The van der Waals surface area contributed by atoms with E-state index in [0.717, 1.165) is 38.5 Å². The minimum Gasteiger partial charge on any atom is -0.378 e. The van der Waals surface area contributed by atoms with Gasteiger partial charge in [0.25, 0.3) is 5.91 Å². The van der Waals surface area contributed by atoms with Gasteiger partial charge in [-0.05, 0) is 12.1 Å². The summed E-state index contributed by atoms with van der Waals surface area (Å²) < 4.78 is 19.9. The molecule has 5 rings (SSSR count).